The van der Waals surface area contributed by atoms with Gasteiger partial charge in [0.2, 0.25) is 5.95 Å². The van der Waals surface area contributed by atoms with Crippen LogP contribution in [0.2, 0.25) is 10.0 Å². The minimum absolute atomic E-state index is 0.219. The van der Waals surface area contributed by atoms with E-state index >= 15 is 0 Å². The van der Waals surface area contributed by atoms with Gasteiger partial charge in [-0.25, -0.2) is 9.97 Å². The number of anilines is 2. The molecule has 0 aliphatic rings. The quantitative estimate of drug-likeness (QED) is 0.654. The number of hydrogen-bond acceptors (Lipinski definition) is 4. The van der Waals surface area contributed by atoms with E-state index < -0.39 is 0 Å². The fourth-order valence-corrected chi connectivity index (χ4v) is 2.58. The first kappa shape index (κ1) is 18.2. The summed E-state index contributed by atoms with van der Waals surface area (Å²) in [6.45, 7) is 0.514. The molecule has 2 aromatic carbocycles. The second-order valence-corrected chi connectivity index (χ2v) is 6.38. The van der Waals surface area contributed by atoms with Gasteiger partial charge in [0.1, 0.15) is 0 Å². The number of halogens is 2. The van der Waals surface area contributed by atoms with Gasteiger partial charge in [-0.1, -0.05) is 47.5 Å². The molecule has 0 atom stereocenters. The minimum atomic E-state index is -0.219. The largest absolute Gasteiger partial charge is 0.352 e. The van der Waals surface area contributed by atoms with Crippen molar-refractivity contribution in [3.63, 3.8) is 0 Å². The fourth-order valence-electron chi connectivity index (χ4n) is 2.27. The third kappa shape index (κ3) is 4.94. The van der Waals surface area contributed by atoms with Gasteiger partial charge < -0.3 is 10.6 Å². The van der Waals surface area contributed by atoms with Gasteiger partial charge in [0, 0.05) is 24.0 Å². The number of nitrogens with zero attached hydrogens (tertiary/aromatic N) is 2. The van der Waals surface area contributed by atoms with Gasteiger partial charge in [-0.15, -0.1) is 0 Å². The first-order chi connectivity index (χ1) is 12.6. The number of para-hydroxylation sites is 1. The number of carbonyl (C=O) groups excluding carboxylic acids is 1. The summed E-state index contributed by atoms with van der Waals surface area (Å²) in [5.41, 5.74) is 2.20. The van der Waals surface area contributed by atoms with Crippen molar-refractivity contribution >= 4 is 40.7 Å². The standard InChI is InChI=1S/C19H16Cl2N4O/c20-15-7-5-13(6-8-15)9-10-22-18(26)14-11-23-19(24-12-14)25-17-4-2-1-3-16(17)21/h1-8,11-12H,9-10H2,(H,22,26)(H,23,24,25). The topological polar surface area (TPSA) is 66.9 Å². The first-order valence-corrected chi connectivity index (χ1v) is 8.73. The zero-order chi connectivity index (χ0) is 18.4. The Morgan fingerprint density at radius 3 is 2.35 bits per heavy atom. The van der Waals surface area contributed by atoms with Gasteiger partial charge in [0.05, 0.1) is 16.3 Å². The Morgan fingerprint density at radius 2 is 1.65 bits per heavy atom. The molecule has 0 spiro atoms. The van der Waals surface area contributed by atoms with E-state index in [0.29, 0.717) is 33.8 Å². The molecule has 1 heterocycles. The summed E-state index contributed by atoms with van der Waals surface area (Å²) in [4.78, 5) is 20.5. The Morgan fingerprint density at radius 1 is 0.962 bits per heavy atom. The number of carbonyl (C=O) groups is 1. The third-order valence-corrected chi connectivity index (χ3v) is 4.23. The predicted molar refractivity (Wildman–Crippen MR) is 104 cm³/mol. The molecule has 2 N–H and O–H groups in total. The lowest BCUT2D eigenvalue weighted by Crippen LogP contribution is -2.26. The molecule has 1 aromatic heterocycles. The highest BCUT2D eigenvalue weighted by molar-refractivity contribution is 6.33. The average molecular weight is 387 g/mol. The van der Waals surface area contributed by atoms with Crippen molar-refractivity contribution in [2.24, 2.45) is 0 Å². The Hall–Kier alpha value is -2.63. The second-order valence-electron chi connectivity index (χ2n) is 5.53. The summed E-state index contributed by atoms with van der Waals surface area (Å²) in [7, 11) is 0. The molecule has 0 fully saturated rings. The van der Waals surface area contributed by atoms with E-state index in [2.05, 4.69) is 20.6 Å². The maximum absolute atomic E-state index is 12.2. The lowest BCUT2D eigenvalue weighted by molar-refractivity contribution is 0.0953. The van der Waals surface area contributed by atoms with Crippen LogP contribution < -0.4 is 10.6 Å². The van der Waals surface area contributed by atoms with Gasteiger partial charge in [0.15, 0.2) is 0 Å². The zero-order valence-electron chi connectivity index (χ0n) is 13.7. The Bertz CT molecular complexity index is 883. The van der Waals surface area contributed by atoms with Gasteiger partial charge in [-0.3, -0.25) is 4.79 Å². The Labute approximate surface area is 161 Å². The molecule has 132 valence electrons. The van der Waals surface area contributed by atoms with Crippen LogP contribution in [0, 0.1) is 0 Å². The highest BCUT2D eigenvalue weighted by Gasteiger charge is 2.08. The van der Waals surface area contributed by atoms with Crippen LogP contribution in [-0.2, 0) is 6.42 Å². The molecule has 5 nitrogen and oxygen atoms in total. The number of hydrogen-bond donors (Lipinski definition) is 2. The lowest BCUT2D eigenvalue weighted by Gasteiger charge is -2.08. The molecule has 3 rings (SSSR count). The second kappa shape index (κ2) is 8.65. The van der Waals surface area contributed by atoms with Gasteiger partial charge in [-0.2, -0.15) is 0 Å². The van der Waals surface area contributed by atoms with Crippen LogP contribution in [0.3, 0.4) is 0 Å². The molecular weight excluding hydrogens is 371 g/mol. The van der Waals surface area contributed by atoms with Crippen molar-refractivity contribution in [1.29, 1.82) is 0 Å². The molecule has 0 radical (unpaired) electrons. The Balaban J connectivity index is 1.53. The highest BCUT2D eigenvalue weighted by Crippen LogP contribution is 2.22. The summed E-state index contributed by atoms with van der Waals surface area (Å²) >= 11 is 11.9. The summed E-state index contributed by atoms with van der Waals surface area (Å²) < 4.78 is 0. The smallest absolute Gasteiger partial charge is 0.254 e. The molecule has 0 bridgehead atoms. The van der Waals surface area contributed by atoms with Crippen LogP contribution in [0.1, 0.15) is 15.9 Å². The maximum Gasteiger partial charge on any atom is 0.254 e. The van der Waals surface area contributed by atoms with E-state index in [4.69, 9.17) is 23.2 Å². The van der Waals surface area contributed by atoms with Crippen LogP contribution in [0.5, 0.6) is 0 Å². The summed E-state index contributed by atoms with van der Waals surface area (Å²) in [6, 6.07) is 14.8. The molecule has 0 aliphatic heterocycles. The fraction of sp³-hybridized carbons (Fsp3) is 0.105. The van der Waals surface area contributed by atoms with Crippen LogP contribution in [-0.4, -0.2) is 22.4 Å². The highest BCUT2D eigenvalue weighted by atomic mass is 35.5. The molecule has 0 unspecified atom stereocenters. The summed E-state index contributed by atoms with van der Waals surface area (Å²) in [6.07, 6.45) is 3.67. The zero-order valence-corrected chi connectivity index (χ0v) is 15.3. The number of amides is 1. The van der Waals surface area contributed by atoms with Crippen molar-refractivity contribution in [2.75, 3.05) is 11.9 Å². The average Bonchev–Trinajstić information content (AvgIpc) is 2.66. The molecule has 0 saturated heterocycles. The van der Waals surface area contributed by atoms with E-state index in [0.717, 1.165) is 12.0 Å². The summed E-state index contributed by atoms with van der Waals surface area (Å²) in [5, 5.41) is 7.12. The molecule has 3 aromatic rings. The van der Waals surface area contributed by atoms with Crippen molar-refractivity contribution in [3.8, 4) is 0 Å². The predicted octanol–water partition coefficient (Wildman–Crippen LogP) is 4.50. The summed E-state index contributed by atoms with van der Waals surface area (Å²) in [5.74, 6) is 0.152. The molecule has 7 heteroatoms. The molecular formula is C19H16Cl2N4O. The van der Waals surface area contributed by atoms with Crippen LogP contribution >= 0.6 is 23.2 Å². The minimum Gasteiger partial charge on any atom is -0.352 e. The van der Waals surface area contributed by atoms with Gasteiger partial charge in [-0.05, 0) is 36.2 Å². The normalized spacial score (nSPS) is 10.4. The number of benzene rings is 2. The van der Waals surface area contributed by atoms with Gasteiger partial charge >= 0.3 is 0 Å². The molecule has 1 amide bonds. The van der Waals surface area contributed by atoms with Crippen LogP contribution in [0.4, 0.5) is 11.6 Å². The molecule has 0 aliphatic carbocycles. The van der Waals surface area contributed by atoms with Crippen LogP contribution in [0.15, 0.2) is 60.9 Å². The first-order valence-electron chi connectivity index (χ1n) is 7.98. The monoisotopic (exact) mass is 386 g/mol. The van der Waals surface area contributed by atoms with E-state index in [-0.39, 0.29) is 5.91 Å². The van der Waals surface area contributed by atoms with Crippen molar-refractivity contribution in [3.05, 3.63) is 82.1 Å². The van der Waals surface area contributed by atoms with Crippen molar-refractivity contribution < 1.29 is 4.79 Å². The van der Waals surface area contributed by atoms with E-state index in [1.807, 2.05) is 42.5 Å². The van der Waals surface area contributed by atoms with Crippen LogP contribution in [0.25, 0.3) is 0 Å². The third-order valence-electron chi connectivity index (χ3n) is 3.65. The lowest BCUT2D eigenvalue weighted by atomic mass is 10.1. The number of nitrogens with one attached hydrogen (secondary N) is 2. The van der Waals surface area contributed by atoms with Crippen molar-refractivity contribution in [1.82, 2.24) is 15.3 Å². The van der Waals surface area contributed by atoms with E-state index in [9.17, 15) is 4.79 Å². The van der Waals surface area contributed by atoms with Gasteiger partial charge in [0.25, 0.3) is 5.91 Å². The van der Waals surface area contributed by atoms with E-state index in [1.54, 1.807) is 6.07 Å². The Kier molecular flexibility index (Phi) is 6.04. The molecule has 26 heavy (non-hydrogen) atoms. The SMILES string of the molecule is O=C(NCCc1ccc(Cl)cc1)c1cnc(Nc2ccccc2Cl)nc1. The number of rotatable bonds is 6. The maximum atomic E-state index is 12.2. The molecule has 0 saturated carbocycles. The number of aromatic nitrogens is 2. The van der Waals surface area contributed by atoms with E-state index in [1.165, 1.54) is 12.4 Å². The van der Waals surface area contributed by atoms with Crippen molar-refractivity contribution in [2.45, 2.75) is 6.42 Å².